The number of hydrogen-bond donors (Lipinski definition) is 1. The van der Waals surface area contributed by atoms with Crippen LogP contribution in [0.1, 0.15) is 0 Å². The molecule has 0 aliphatic carbocycles. The Labute approximate surface area is 144 Å². The fourth-order valence-electron chi connectivity index (χ4n) is 1.33. The predicted octanol–water partition coefficient (Wildman–Crippen LogP) is 4.86. The van der Waals surface area contributed by atoms with Crippen molar-refractivity contribution in [1.82, 2.24) is 0 Å². The lowest BCUT2D eigenvalue weighted by molar-refractivity contribution is -0.385. The molecule has 0 radical (unpaired) electrons. The van der Waals surface area contributed by atoms with Crippen LogP contribution in [0.5, 0.6) is 11.5 Å². The van der Waals surface area contributed by atoms with Crippen molar-refractivity contribution in [2.75, 3.05) is 0 Å². The van der Waals surface area contributed by atoms with Crippen LogP contribution in [0.4, 0.5) is 11.4 Å². The summed E-state index contributed by atoms with van der Waals surface area (Å²) in [5.74, 6) is 0.148. The fourth-order valence-corrected chi connectivity index (χ4v) is 2.17. The third kappa shape index (κ3) is 7.28. The zero-order valence-electron chi connectivity index (χ0n) is 11.6. The van der Waals surface area contributed by atoms with E-state index in [1.807, 2.05) is 0 Å². The van der Waals surface area contributed by atoms with Gasteiger partial charge in [-0.25, -0.2) is 4.57 Å². The van der Waals surface area contributed by atoms with Gasteiger partial charge in [-0.05, 0) is 24.3 Å². The van der Waals surface area contributed by atoms with E-state index < -0.39 is 15.9 Å². The fraction of sp³-hybridized carbons (Fsp3) is 0. The van der Waals surface area contributed by atoms with Gasteiger partial charge in [-0.15, -0.1) is 0 Å². The number of nitro benzene ring substituents is 2. The molecule has 2 rings (SSSR count). The SMILES string of the molecule is O=[N+]([O-])c1ccc(O)cc1.O=[N+]([O-])c1ccc(OP(=O)(Cl)Cl)cc1. The lowest BCUT2D eigenvalue weighted by atomic mass is 10.3. The van der Waals surface area contributed by atoms with Gasteiger partial charge in [0.1, 0.15) is 11.5 Å². The third-order valence-corrected chi connectivity index (χ3v) is 3.16. The molecule has 0 aliphatic rings. The first-order valence-corrected chi connectivity index (χ1v) is 9.39. The van der Waals surface area contributed by atoms with Gasteiger partial charge in [0.25, 0.3) is 11.4 Å². The molecule has 2 aromatic rings. The summed E-state index contributed by atoms with van der Waals surface area (Å²) < 4.78 is 15.4. The Balaban J connectivity index is 0.000000254. The zero-order chi connectivity index (χ0) is 18.3. The maximum absolute atomic E-state index is 10.8. The van der Waals surface area contributed by atoms with Crippen molar-refractivity contribution in [2.24, 2.45) is 0 Å². The first-order chi connectivity index (χ1) is 11.1. The number of phenols is 1. The molecule has 0 bridgehead atoms. The van der Waals surface area contributed by atoms with Crippen molar-refractivity contribution >= 4 is 39.9 Å². The summed E-state index contributed by atoms with van der Waals surface area (Å²) in [7, 11) is 0. The van der Waals surface area contributed by atoms with E-state index in [4.69, 9.17) is 27.6 Å². The normalized spacial score (nSPS) is 10.2. The van der Waals surface area contributed by atoms with E-state index >= 15 is 0 Å². The Bertz CT molecular complexity index is 762. The molecule has 0 aromatic heterocycles. The molecule has 9 nitrogen and oxygen atoms in total. The largest absolute Gasteiger partial charge is 0.508 e. The van der Waals surface area contributed by atoms with Crippen LogP contribution in [-0.4, -0.2) is 15.0 Å². The number of nitrogens with zero attached hydrogens (tertiary/aromatic N) is 2. The molecule has 0 spiro atoms. The van der Waals surface area contributed by atoms with Gasteiger partial charge < -0.3 is 9.63 Å². The molecule has 1 N–H and O–H groups in total. The first kappa shape index (κ1) is 19.7. The number of halogens is 2. The lowest BCUT2D eigenvalue weighted by Gasteiger charge is -2.04. The Hall–Kier alpha value is -2.35. The molecule has 24 heavy (non-hydrogen) atoms. The first-order valence-electron chi connectivity index (χ1n) is 5.95. The summed E-state index contributed by atoms with van der Waals surface area (Å²) in [4.78, 5) is 19.2. The van der Waals surface area contributed by atoms with Crippen LogP contribution in [0.15, 0.2) is 48.5 Å². The summed E-state index contributed by atoms with van der Waals surface area (Å²) in [5, 5.41) is 29.0. The monoisotopic (exact) mass is 394 g/mol. The number of nitro groups is 2. The van der Waals surface area contributed by atoms with Gasteiger partial charge in [-0.3, -0.25) is 20.2 Å². The Morgan fingerprint density at radius 3 is 1.58 bits per heavy atom. The summed E-state index contributed by atoms with van der Waals surface area (Å²) in [6.07, 6.45) is -3.65. The molecule has 0 atom stereocenters. The van der Waals surface area contributed by atoms with E-state index in [9.17, 15) is 24.8 Å². The molecule has 0 amide bonds. The molecular weight excluding hydrogens is 386 g/mol. The van der Waals surface area contributed by atoms with Crippen LogP contribution in [0.25, 0.3) is 0 Å². The average molecular weight is 395 g/mol. The van der Waals surface area contributed by atoms with E-state index in [1.165, 1.54) is 48.5 Å². The van der Waals surface area contributed by atoms with Crippen LogP contribution in [0.3, 0.4) is 0 Å². The Morgan fingerprint density at radius 2 is 1.25 bits per heavy atom. The molecule has 2 aromatic carbocycles. The van der Waals surface area contributed by atoms with Gasteiger partial charge in [0.05, 0.1) is 9.85 Å². The van der Waals surface area contributed by atoms with Crippen molar-refractivity contribution in [3.63, 3.8) is 0 Å². The van der Waals surface area contributed by atoms with E-state index in [0.717, 1.165) is 0 Å². The van der Waals surface area contributed by atoms with Gasteiger partial charge in [0.2, 0.25) is 0 Å². The smallest absolute Gasteiger partial charge is 0.428 e. The van der Waals surface area contributed by atoms with Gasteiger partial charge in [0, 0.05) is 46.7 Å². The van der Waals surface area contributed by atoms with Crippen molar-refractivity contribution in [2.45, 2.75) is 0 Å². The van der Waals surface area contributed by atoms with Crippen LogP contribution in [0.2, 0.25) is 0 Å². The van der Waals surface area contributed by atoms with E-state index in [2.05, 4.69) is 4.52 Å². The van der Waals surface area contributed by atoms with Gasteiger partial charge >= 0.3 is 6.07 Å². The van der Waals surface area contributed by atoms with Gasteiger partial charge in [-0.1, -0.05) is 0 Å². The average Bonchev–Trinajstić information content (AvgIpc) is 2.47. The molecule has 0 unspecified atom stereocenters. The van der Waals surface area contributed by atoms with Crippen LogP contribution >= 0.6 is 28.6 Å². The second-order valence-corrected chi connectivity index (χ2v) is 8.23. The summed E-state index contributed by atoms with van der Waals surface area (Å²) >= 11 is 10.3. The molecule has 0 saturated carbocycles. The topological polar surface area (TPSA) is 133 Å². The molecular formula is C12H9Cl2N2O7P. The van der Waals surface area contributed by atoms with E-state index in [-0.39, 0.29) is 22.9 Å². The van der Waals surface area contributed by atoms with Crippen LogP contribution in [-0.2, 0) is 4.57 Å². The van der Waals surface area contributed by atoms with Crippen LogP contribution in [0, 0.1) is 20.2 Å². The maximum atomic E-state index is 10.8. The minimum Gasteiger partial charge on any atom is -0.508 e. The summed E-state index contributed by atoms with van der Waals surface area (Å²) in [6.45, 7) is 0. The molecule has 0 fully saturated rings. The Morgan fingerprint density at radius 1 is 0.875 bits per heavy atom. The highest BCUT2D eigenvalue weighted by molar-refractivity contribution is 8.05. The number of non-ortho nitro benzene ring substituents is 2. The van der Waals surface area contributed by atoms with Crippen molar-refractivity contribution in [3.8, 4) is 11.5 Å². The standard InChI is InChI=1S/C6H4Cl2NO4P.C6H5NO3/c7-14(8,12)13-6-3-1-5(2-4-6)9(10)11;8-6-3-1-5(2-4-6)7(9)10/h1-4H;1-4,8H. The highest BCUT2D eigenvalue weighted by Gasteiger charge is 2.16. The maximum Gasteiger partial charge on any atom is 0.428 e. The van der Waals surface area contributed by atoms with Crippen LogP contribution < -0.4 is 4.52 Å². The molecule has 0 heterocycles. The number of hydrogen-bond acceptors (Lipinski definition) is 7. The second kappa shape index (κ2) is 8.49. The van der Waals surface area contributed by atoms with Crippen molar-refractivity contribution in [3.05, 3.63) is 68.8 Å². The predicted molar refractivity (Wildman–Crippen MR) is 87.8 cm³/mol. The Kier molecular flexibility index (Phi) is 6.97. The highest BCUT2D eigenvalue weighted by Crippen LogP contribution is 2.57. The molecule has 12 heteroatoms. The molecule has 128 valence electrons. The zero-order valence-corrected chi connectivity index (χ0v) is 14.0. The highest BCUT2D eigenvalue weighted by atomic mass is 35.9. The van der Waals surface area contributed by atoms with E-state index in [0.29, 0.717) is 0 Å². The minimum atomic E-state index is -3.65. The number of benzene rings is 2. The quantitative estimate of drug-likeness (QED) is 0.444. The lowest BCUT2D eigenvalue weighted by Crippen LogP contribution is -1.87. The summed E-state index contributed by atoms with van der Waals surface area (Å²) in [5.41, 5.74) is -0.117. The molecule has 0 saturated heterocycles. The summed E-state index contributed by atoms with van der Waals surface area (Å²) in [6, 6.07) is 9.95. The molecule has 0 aliphatic heterocycles. The number of aromatic hydroxyl groups is 1. The second-order valence-electron chi connectivity index (χ2n) is 4.03. The number of phenolic OH excluding ortho intramolecular Hbond substituents is 1. The van der Waals surface area contributed by atoms with Gasteiger partial charge in [-0.2, -0.15) is 0 Å². The third-order valence-electron chi connectivity index (χ3n) is 2.32. The van der Waals surface area contributed by atoms with Gasteiger partial charge in [0.15, 0.2) is 0 Å². The number of rotatable bonds is 4. The van der Waals surface area contributed by atoms with Crippen molar-refractivity contribution < 1.29 is 24.0 Å². The van der Waals surface area contributed by atoms with Crippen molar-refractivity contribution in [1.29, 1.82) is 0 Å². The van der Waals surface area contributed by atoms with E-state index in [1.54, 1.807) is 0 Å². The minimum absolute atomic E-state index is 0.0159.